The zero-order valence-electron chi connectivity index (χ0n) is 14.8. The number of aliphatic hydroxyl groups excluding tert-OH is 2. The van der Waals surface area contributed by atoms with Crippen LogP contribution in [0.4, 0.5) is 5.95 Å². The molecule has 26 heavy (non-hydrogen) atoms. The molecule has 2 aromatic rings. The summed E-state index contributed by atoms with van der Waals surface area (Å²) in [7, 11) is 0. The van der Waals surface area contributed by atoms with Crippen LogP contribution >= 0.6 is 11.6 Å². The molecule has 2 aromatic heterocycles. The maximum atomic E-state index is 13.0. The van der Waals surface area contributed by atoms with Crippen molar-refractivity contribution in [2.24, 2.45) is 0 Å². The van der Waals surface area contributed by atoms with E-state index in [1.165, 1.54) is 9.13 Å². The maximum absolute atomic E-state index is 13.0. The smallest absolute Gasteiger partial charge is 0.332 e. The van der Waals surface area contributed by atoms with Crippen molar-refractivity contribution in [1.29, 1.82) is 0 Å². The number of unbranched alkanes of at least 4 members (excludes halogenated alkanes) is 1. The van der Waals surface area contributed by atoms with Crippen molar-refractivity contribution in [3.63, 3.8) is 0 Å². The Balaban J connectivity index is 2.14. The lowest BCUT2D eigenvalue weighted by Crippen LogP contribution is -2.32. The predicted octanol–water partition coefficient (Wildman–Crippen LogP) is 1.05. The number of nitrogen functional groups attached to an aromatic ring is 1. The van der Waals surface area contributed by atoms with Gasteiger partial charge in [-0.15, -0.1) is 0 Å². The second-order valence-corrected chi connectivity index (χ2v) is 6.90. The first-order chi connectivity index (χ1) is 12.4. The average Bonchev–Trinajstić information content (AvgIpc) is 3.09. The van der Waals surface area contributed by atoms with Crippen LogP contribution in [0.1, 0.15) is 45.8 Å². The predicted molar refractivity (Wildman–Crippen MR) is 97.0 cm³/mol. The topological polar surface area (TPSA) is 128 Å². The Bertz CT molecular complexity index is 851. The summed E-state index contributed by atoms with van der Waals surface area (Å²) in [5.74, 6) is -0.0680. The molecule has 9 nitrogen and oxygen atoms in total. The monoisotopic (exact) mass is 385 g/mol. The van der Waals surface area contributed by atoms with Crippen LogP contribution in [0.15, 0.2) is 4.79 Å². The quantitative estimate of drug-likeness (QED) is 0.634. The summed E-state index contributed by atoms with van der Waals surface area (Å²) in [6.07, 6.45) is -0.841. The summed E-state index contributed by atoms with van der Waals surface area (Å²) >= 11 is 6.23. The van der Waals surface area contributed by atoms with E-state index in [4.69, 9.17) is 22.1 Å². The van der Waals surface area contributed by atoms with E-state index >= 15 is 0 Å². The van der Waals surface area contributed by atoms with Gasteiger partial charge in [0.15, 0.2) is 17.0 Å². The van der Waals surface area contributed by atoms with Gasteiger partial charge >= 0.3 is 5.69 Å². The number of aromatic nitrogens is 4. The Morgan fingerprint density at radius 3 is 2.81 bits per heavy atom. The van der Waals surface area contributed by atoms with Crippen molar-refractivity contribution < 1.29 is 14.9 Å². The van der Waals surface area contributed by atoms with Gasteiger partial charge < -0.3 is 20.7 Å². The summed E-state index contributed by atoms with van der Waals surface area (Å²) in [4.78, 5) is 21.2. The third-order valence-corrected chi connectivity index (χ3v) is 4.99. The lowest BCUT2D eigenvalue weighted by atomic mass is 10.1. The number of hydrogen-bond acceptors (Lipinski definition) is 7. The average molecular weight is 386 g/mol. The van der Waals surface area contributed by atoms with Gasteiger partial charge in [-0.05, 0) is 12.8 Å². The second-order valence-electron chi connectivity index (χ2n) is 6.55. The molecule has 0 radical (unpaired) electrons. The molecule has 0 bridgehead atoms. The van der Waals surface area contributed by atoms with Gasteiger partial charge in [0.05, 0.1) is 12.2 Å². The maximum Gasteiger partial charge on any atom is 0.332 e. The Hall–Kier alpha value is -1.68. The van der Waals surface area contributed by atoms with Gasteiger partial charge in [-0.1, -0.05) is 31.9 Å². The van der Waals surface area contributed by atoms with Crippen molar-refractivity contribution in [3.05, 3.63) is 15.6 Å². The zero-order valence-corrected chi connectivity index (χ0v) is 15.6. The normalized spacial score (nSPS) is 24.4. The van der Waals surface area contributed by atoms with E-state index in [1.54, 1.807) is 0 Å². The number of imidazole rings is 1. The summed E-state index contributed by atoms with van der Waals surface area (Å²) in [6.45, 7) is 4.28. The lowest BCUT2D eigenvalue weighted by Gasteiger charge is -2.18. The van der Waals surface area contributed by atoms with E-state index < -0.39 is 30.2 Å². The minimum atomic E-state index is -0.968. The van der Waals surface area contributed by atoms with Crippen molar-refractivity contribution in [2.45, 2.75) is 70.6 Å². The number of aliphatic hydroxyl groups is 2. The van der Waals surface area contributed by atoms with Gasteiger partial charge in [0, 0.05) is 13.0 Å². The van der Waals surface area contributed by atoms with Gasteiger partial charge in [0.2, 0.25) is 5.95 Å². The number of aryl methyl sites for hydroxylation is 1. The molecule has 1 aliphatic heterocycles. The number of ether oxygens (including phenoxy) is 1. The van der Waals surface area contributed by atoms with Gasteiger partial charge in [-0.25, -0.2) is 9.36 Å². The van der Waals surface area contributed by atoms with Crippen LogP contribution in [0, 0.1) is 0 Å². The molecule has 0 spiro atoms. The van der Waals surface area contributed by atoms with Crippen LogP contribution in [-0.4, -0.2) is 47.6 Å². The van der Waals surface area contributed by atoms with E-state index in [2.05, 4.69) is 9.97 Å². The Kier molecular flexibility index (Phi) is 5.52. The van der Waals surface area contributed by atoms with Crippen molar-refractivity contribution in [1.82, 2.24) is 19.1 Å². The van der Waals surface area contributed by atoms with Crippen LogP contribution in [0.25, 0.3) is 11.2 Å². The molecule has 1 saturated heterocycles. The van der Waals surface area contributed by atoms with E-state index in [0.717, 1.165) is 12.8 Å². The molecule has 3 heterocycles. The number of fused-ring (bicyclic) bond motifs is 1. The molecule has 10 heteroatoms. The van der Waals surface area contributed by atoms with Crippen LogP contribution in [-0.2, 0) is 11.3 Å². The number of hydrogen-bond donors (Lipinski definition) is 3. The van der Waals surface area contributed by atoms with Crippen LogP contribution in [0.3, 0.4) is 0 Å². The Morgan fingerprint density at radius 2 is 2.15 bits per heavy atom. The molecule has 1 unspecified atom stereocenters. The summed E-state index contributed by atoms with van der Waals surface area (Å²) < 4.78 is 8.56. The largest absolute Gasteiger partial charge is 0.390 e. The molecule has 0 aliphatic carbocycles. The number of halogens is 1. The second kappa shape index (κ2) is 7.51. The fourth-order valence-corrected chi connectivity index (χ4v) is 3.60. The Morgan fingerprint density at radius 1 is 1.42 bits per heavy atom. The number of anilines is 1. The van der Waals surface area contributed by atoms with Crippen LogP contribution in [0.5, 0.6) is 0 Å². The summed E-state index contributed by atoms with van der Waals surface area (Å²) in [5, 5.41) is 20.6. The SMILES string of the molecule is CCCCn1c(=O)n([C@@H]2O[C@H](C(O)CC)C[C@H]2O)c2nc(N)nc(Cl)c21. The highest BCUT2D eigenvalue weighted by Gasteiger charge is 2.40. The summed E-state index contributed by atoms with van der Waals surface area (Å²) in [5.41, 5.74) is 5.90. The van der Waals surface area contributed by atoms with E-state index in [1.807, 2.05) is 13.8 Å². The van der Waals surface area contributed by atoms with Crippen molar-refractivity contribution in [3.8, 4) is 0 Å². The summed E-state index contributed by atoms with van der Waals surface area (Å²) in [6, 6.07) is 0. The fourth-order valence-electron chi connectivity index (χ4n) is 3.32. The van der Waals surface area contributed by atoms with Gasteiger partial charge in [-0.2, -0.15) is 9.97 Å². The van der Waals surface area contributed by atoms with Crippen molar-refractivity contribution in [2.75, 3.05) is 5.73 Å². The molecule has 0 saturated carbocycles. The molecule has 4 N–H and O–H groups in total. The number of nitrogens with two attached hydrogens (primary N) is 1. The molecule has 1 fully saturated rings. The molecule has 0 aromatic carbocycles. The molecule has 0 amide bonds. The fraction of sp³-hybridized carbons (Fsp3) is 0.688. The number of rotatable bonds is 6. The first kappa shape index (κ1) is 19.1. The van der Waals surface area contributed by atoms with Crippen LogP contribution < -0.4 is 11.4 Å². The third-order valence-electron chi connectivity index (χ3n) is 4.73. The molecule has 144 valence electrons. The molecule has 1 aliphatic rings. The van der Waals surface area contributed by atoms with E-state index in [0.29, 0.717) is 18.5 Å². The van der Waals surface area contributed by atoms with E-state index in [-0.39, 0.29) is 23.2 Å². The number of nitrogens with zero attached hydrogens (tertiary/aromatic N) is 4. The minimum Gasteiger partial charge on any atom is -0.390 e. The third kappa shape index (κ3) is 3.20. The minimum absolute atomic E-state index is 0.0680. The highest BCUT2D eigenvalue weighted by atomic mass is 35.5. The molecular weight excluding hydrogens is 362 g/mol. The molecule has 4 atom stereocenters. The van der Waals surface area contributed by atoms with Crippen molar-refractivity contribution >= 4 is 28.7 Å². The van der Waals surface area contributed by atoms with Gasteiger partial charge in [0.25, 0.3) is 0 Å². The van der Waals surface area contributed by atoms with E-state index in [9.17, 15) is 15.0 Å². The standard InChI is InChI=1S/C16H24ClN5O4/c1-3-5-6-21-11-12(17)19-15(18)20-13(11)22(16(21)25)14-9(24)7-10(26-14)8(23)4-2/h8-10,14,23-24H,3-7H2,1-2H3,(H2,18,19,20)/t8?,9-,10+,14-/m1/s1. The Labute approximate surface area is 155 Å². The first-order valence-electron chi connectivity index (χ1n) is 8.84. The molecule has 3 rings (SSSR count). The van der Waals surface area contributed by atoms with Crippen LogP contribution in [0.2, 0.25) is 5.15 Å². The highest BCUT2D eigenvalue weighted by molar-refractivity contribution is 6.33. The van der Waals surface area contributed by atoms with Gasteiger partial charge in [-0.3, -0.25) is 4.57 Å². The highest BCUT2D eigenvalue weighted by Crippen LogP contribution is 2.33. The first-order valence-corrected chi connectivity index (χ1v) is 9.22. The van der Waals surface area contributed by atoms with Gasteiger partial charge in [0.1, 0.15) is 11.6 Å². The lowest BCUT2D eigenvalue weighted by molar-refractivity contribution is -0.0760. The molecular formula is C16H24ClN5O4. The zero-order chi connectivity index (χ0) is 19.0.